The summed E-state index contributed by atoms with van der Waals surface area (Å²) in [6.07, 6.45) is 0. The Morgan fingerprint density at radius 2 is 1.76 bits per heavy atom. The lowest BCUT2D eigenvalue weighted by atomic mass is 10.1. The fourth-order valence-corrected chi connectivity index (χ4v) is 4.49. The Kier molecular flexibility index (Phi) is 7.63. The minimum atomic E-state index is -1.19. The van der Waals surface area contributed by atoms with Crippen molar-refractivity contribution in [3.63, 3.8) is 0 Å². The molecule has 11 heteroatoms. The zero-order valence-corrected chi connectivity index (χ0v) is 20.6. The molecule has 0 saturated carbocycles. The molecule has 0 radical (unpaired) electrons. The lowest BCUT2D eigenvalue weighted by Gasteiger charge is -2.29. The summed E-state index contributed by atoms with van der Waals surface area (Å²) in [5, 5.41) is 2.80. The van der Waals surface area contributed by atoms with Crippen LogP contribution in [0.2, 0.25) is 0 Å². The highest BCUT2D eigenvalue weighted by Gasteiger charge is 2.36. The fraction of sp³-hybridized carbons (Fsp3) is 0.154. The van der Waals surface area contributed by atoms with Crippen molar-refractivity contribution >= 4 is 34.9 Å². The van der Waals surface area contributed by atoms with Gasteiger partial charge >= 0.3 is 0 Å². The molecule has 9 nitrogen and oxygen atoms in total. The number of nitrogens with one attached hydrogen (secondary N) is 1. The third-order valence-corrected chi connectivity index (χ3v) is 6.43. The Morgan fingerprint density at radius 3 is 2.35 bits per heavy atom. The molecule has 2 aromatic heterocycles. The molecule has 1 atom stereocenters. The van der Waals surface area contributed by atoms with Gasteiger partial charge in [0.25, 0.3) is 17.7 Å². The molecule has 0 aliphatic carbocycles. The summed E-state index contributed by atoms with van der Waals surface area (Å²) in [4.78, 5) is 40.4. The number of halogens is 1. The molecule has 37 heavy (non-hydrogen) atoms. The number of nitrogen functional groups attached to an aromatic ring is 1. The van der Waals surface area contributed by atoms with E-state index in [4.69, 9.17) is 15.9 Å². The number of rotatable bonds is 9. The monoisotopic (exact) mass is 521 g/mol. The molecule has 0 fully saturated rings. The van der Waals surface area contributed by atoms with E-state index < -0.39 is 29.6 Å². The highest BCUT2D eigenvalue weighted by molar-refractivity contribution is 7.09. The van der Waals surface area contributed by atoms with Crippen LogP contribution in [0.3, 0.4) is 0 Å². The van der Waals surface area contributed by atoms with Crippen LogP contribution in [0.15, 0.2) is 71.1 Å². The van der Waals surface area contributed by atoms with Crippen molar-refractivity contribution < 1.29 is 23.2 Å². The zero-order valence-electron chi connectivity index (χ0n) is 19.8. The number of furan rings is 1. The van der Waals surface area contributed by atoms with Crippen LogP contribution >= 0.6 is 11.5 Å². The number of nitrogens with zero attached hydrogens (tertiary/aromatic N) is 2. The number of benzene rings is 2. The van der Waals surface area contributed by atoms with Crippen LogP contribution in [0.4, 0.5) is 10.1 Å². The summed E-state index contributed by atoms with van der Waals surface area (Å²) >= 11 is 0.728. The molecule has 2 heterocycles. The fourth-order valence-electron chi connectivity index (χ4n) is 3.73. The van der Waals surface area contributed by atoms with Gasteiger partial charge in [0.05, 0.1) is 5.69 Å². The lowest BCUT2D eigenvalue weighted by Crippen LogP contribution is -2.43. The van der Waals surface area contributed by atoms with Crippen LogP contribution in [0.25, 0.3) is 0 Å². The van der Waals surface area contributed by atoms with Gasteiger partial charge in [-0.05, 0) is 53.8 Å². The summed E-state index contributed by atoms with van der Waals surface area (Å²) in [7, 11) is 0. The molecule has 2 aromatic carbocycles. The third kappa shape index (κ3) is 5.84. The Labute approximate surface area is 216 Å². The van der Waals surface area contributed by atoms with Crippen LogP contribution < -0.4 is 16.8 Å². The number of hydrogen-bond donors (Lipinski definition) is 3. The number of carbonyl (C=O) groups excluding carboxylic acids is 3. The van der Waals surface area contributed by atoms with Gasteiger partial charge in [0.15, 0.2) is 11.7 Å². The minimum Gasteiger partial charge on any atom is -0.464 e. The van der Waals surface area contributed by atoms with Crippen LogP contribution in [0, 0.1) is 12.7 Å². The SMILES string of the molecule is Cc1ccc([C@H](C(=O)NCc2ccc(F)cc2)N(Cc2ccccc2)C(=O)c2snc(C(N)=O)c2N)o1. The average molecular weight is 522 g/mol. The van der Waals surface area contributed by atoms with Gasteiger partial charge in [-0.2, -0.15) is 4.37 Å². The van der Waals surface area contributed by atoms with Gasteiger partial charge in [0.2, 0.25) is 0 Å². The van der Waals surface area contributed by atoms with Crippen molar-refractivity contribution in [3.8, 4) is 0 Å². The summed E-state index contributed by atoms with van der Waals surface area (Å²) in [6, 6.07) is 16.9. The van der Waals surface area contributed by atoms with Gasteiger partial charge in [-0.3, -0.25) is 14.4 Å². The second kappa shape index (κ2) is 11.0. The van der Waals surface area contributed by atoms with Crippen LogP contribution in [-0.4, -0.2) is 27.0 Å². The van der Waals surface area contributed by atoms with Gasteiger partial charge in [-0.25, -0.2) is 4.39 Å². The smallest absolute Gasteiger partial charge is 0.270 e. The molecule has 0 unspecified atom stereocenters. The van der Waals surface area contributed by atoms with Gasteiger partial charge in [-0.15, -0.1) is 0 Å². The second-order valence-corrected chi connectivity index (χ2v) is 9.03. The van der Waals surface area contributed by atoms with Gasteiger partial charge in [-0.1, -0.05) is 42.5 Å². The van der Waals surface area contributed by atoms with Crippen molar-refractivity contribution in [1.29, 1.82) is 0 Å². The Morgan fingerprint density at radius 1 is 1.05 bits per heavy atom. The van der Waals surface area contributed by atoms with E-state index in [2.05, 4.69) is 9.69 Å². The van der Waals surface area contributed by atoms with Gasteiger partial charge < -0.3 is 26.1 Å². The lowest BCUT2D eigenvalue weighted by molar-refractivity contribution is -0.126. The average Bonchev–Trinajstić information content (AvgIpc) is 3.49. The van der Waals surface area contributed by atoms with E-state index in [-0.39, 0.29) is 35.1 Å². The van der Waals surface area contributed by atoms with Crippen LogP contribution in [0.5, 0.6) is 0 Å². The number of primary amides is 1. The molecule has 0 spiro atoms. The van der Waals surface area contributed by atoms with E-state index in [1.807, 2.05) is 30.3 Å². The van der Waals surface area contributed by atoms with E-state index in [1.54, 1.807) is 31.2 Å². The molecular formula is C26H24FN5O4S. The quantitative estimate of drug-likeness (QED) is 0.307. The molecule has 4 aromatic rings. The number of hydrogen-bond acceptors (Lipinski definition) is 7. The number of amides is 3. The van der Waals surface area contributed by atoms with Crippen molar-refractivity contribution in [2.24, 2.45) is 5.73 Å². The third-order valence-electron chi connectivity index (χ3n) is 5.58. The van der Waals surface area contributed by atoms with Crippen molar-refractivity contribution in [1.82, 2.24) is 14.6 Å². The summed E-state index contributed by atoms with van der Waals surface area (Å²) in [5.41, 5.74) is 12.4. The molecule has 0 saturated heterocycles. The largest absolute Gasteiger partial charge is 0.464 e. The van der Waals surface area contributed by atoms with Crippen LogP contribution in [-0.2, 0) is 17.9 Å². The Balaban J connectivity index is 1.73. The minimum absolute atomic E-state index is 0.0238. The van der Waals surface area contributed by atoms with E-state index in [1.165, 1.54) is 17.0 Å². The second-order valence-electron chi connectivity index (χ2n) is 8.25. The summed E-state index contributed by atoms with van der Waals surface area (Å²) < 4.78 is 23.0. The molecular weight excluding hydrogens is 497 g/mol. The Bertz CT molecular complexity index is 1420. The van der Waals surface area contributed by atoms with Crippen LogP contribution in [0.1, 0.15) is 48.8 Å². The maximum Gasteiger partial charge on any atom is 0.270 e. The first-order valence-corrected chi connectivity index (χ1v) is 12.0. The predicted octanol–water partition coefficient (Wildman–Crippen LogP) is 3.56. The van der Waals surface area contributed by atoms with E-state index in [9.17, 15) is 18.8 Å². The number of nitrogens with two attached hydrogens (primary N) is 2. The predicted molar refractivity (Wildman–Crippen MR) is 136 cm³/mol. The zero-order chi connectivity index (χ0) is 26.5. The van der Waals surface area contributed by atoms with Crippen molar-refractivity contribution in [2.45, 2.75) is 26.1 Å². The van der Waals surface area contributed by atoms with E-state index >= 15 is 0 Å². The maximum absolute atomic E-state index is 13.8. The highest BCUT2D eigenvalue weighted by Crippen LogP contribution is 2.31. The summed E-state index contributed by atoms with van der Waals surface area (Å²) in [5.74, 6) is -1.62. The van der Waals surface area contributed by atoms with E-state index in [0.29, 0.717) is 11.3 Å². The number of carbonyl (C=O) groups is 3. The molecule has 190 valence electrons. The molecule has 0 aliphatic heterocycles. The van der Waals surface area contributed by atoms with Crippen molar-refractivity contribution in [3.05, 3.63) is 106 Å². The van der Waals surface area contributed by atoms with E-state index in [0.717, 1.165) is 17.1 Å². The first kappa shape index (κ1) is 25.6. The number of aromatic nitrogens is 1. The van der Waals surface area contributed by atoms with Gasteiger partial charge in [0, 0.05) is 13.1 Å². The Hall–Kier alpha value is -4.51. The topological polar surface area (TPSA) is 145 Å². The molecule has 5 N–H and O–H groups in total. The molecule has 0 bridgehead atoms. The maximum atomic E-state index is 13.8. The van der Waals surface area contributed by atoms with Crippen molar-refractivity contribution in [2.75, 3.05) is 5.73 Å². The first-order chi connectivity index (χ1) is 17.7. The molecule has 4 rings (SSSR count). The summed E-state index contributed by atoms with van der Waals surface area (Å²) in [6.45, 7) is 1.84. The molecule has 0 aliphatic rings. The van der Waals surface area contributed by atoms with Gasteiger partial charge in [0.1, 0.15) is 22.2 Å². The molecule has 3 amide bonds. The highest BCUT2D eigenvalue weighted by atomic mass is 32.1. The normalized spacial score (nSPS) is 11.6. The standard InChI is InChI=1S/C26H24FN5O4S/c1-15-7-12-19(36-15)22(25(34)30-13-16-8-10-18(27)11-9-16)32(14-17-5-3-2-4-6-17)26(35)23-20(28)21(24(29)33)31-37-23/h2-12,22H,13-14,28H2,1H3,(H2,29,33)(H,30,34)/t22-/m1/s1. The number of anilines is 1. The first-order valence-electron chi connectivity index (χ1n) is 11.2. The number of aryl methyl sites for hydroxylation is 1.